The molecule has 3 amide bonds. The second kappa shape index (κ2) is 22.8. The quantitative estimate of drug-likeness (QED) is 0.0464. The van der Waals surface area contributed by atoms with Crippen molar-refractivity contribution in [3.8, 4) is 17.2 Å². The van der Waals surface area contributed by atoms with E-state index in [1.165, 1.54) is 22.3 Å². The topological polar surface area (TPSA) is 142 Å². The summed E-state index contributed by atoms with van der Waals surface area (Å²) < 4.78 is 18.8. The largest absolute Gasteiger partial charge is 0.493 e. The summed E-state index contributed by atoms with van der Waals surface area (Å²) >= 11 is 0. The Balaban J connectivity index is 0.911. The van der Waals surface area contributed by atoms with E-state index in [0.717, 1.165) is 47.4 Å². The summed E-state index contributed by atoms with van der Waals surface area (Å²) in [4.78, 5) is 64.3. The molecule has 2 N–H and O–H groups in total. The lowest BCUT2D eigenvalue weighted by Crippen LogP contribution is -2.47. The molecule has 5 aromatic rings. The van der Waals surface area contributed by atoms with Gasteiger partial charge in [-0.25, -0.2) is 0 Å². The van der Waals surface area contributed by atoms with Crippen LogP contribution in [0.3, 0.4) is 0 Å². The summed E-state index contributed by atoms with van der Waals surface area (Å²) in [5.74, 6) is 2.44. The van der Waals surface area contributed by atoms with Gasteiger partial charge in [0.25, 0.3) is 11.8 Å². The van der Waals surface area contributed by atoms with Gasteiger partial charge >= 0.3 is 0 Å². The first kappa shape index (κ1) is 51.5. The lowest BCUT2D eigenvalue weighted by molar-refractivity contribution is -0.118. The number of carbonyl (C=O) groups is 4. The lowest BCUT2D eigenvalue weighted by Gasteiger charge is -2.36. The van der Waals surface area contributed by atoms with E-state index in [1.54, 1.807) is 41.0 Å². The van der Waals surface area contributed by atoms with Crippen molar-refractivity contribution < 1.29 is 33.4 Å². The molecule has 382 valence electrons. The molecule has 9 rings (SSSR count). The van der Waals surface area contributed by atoms with Gasteiger partial charge in [-0.2, -0.15) is 0 Å². The van der Waals surface area contributed by atoms with E-state index in [1.807, 2.05) is 79.2 Å². The number of anilines is 3. The van der Waals surface area contributed by atoms with Crippen molar-refractivity contribution >= 4 is 68.4 Å². The average molecular weight is 1020 g/mol. The molecule has 5 aromatic carbocycles. The lowest BCUT2D eigenvalue weighted by atomic mass is 9.93. The Morgan fingerprint density at radius 3 is 2.14 bits per heavy atom. The van der Waals surface area contributed by atoms with Gasteiger partial charge < -0.3 is 39.5 Å². The molecule has 0 unspecified atom stereocenters. The summed E-state index contributed by atoms with van der Waals surface area (Å²) in [5.41, 5.74) is 10.7. The zero-order valence-electron chi connectivity index (χ0n) is 42.8. The van der Waals surface area contributed by atoms with Crippen LogP contribution in [-0.4, -0.2) is 95.9 Å². The fraction of sp³-hybridized carbons (Fsp3) is 0.397. The van der Waals surface area contributed by atoms with Gasteiger partial charge in [0.05, 0.1) is 48.2 Å². The summed E-state index contributed by atoms with van der Waals surface area (Å²) in [5, 5.41) is 6.70. The third kappa shape index (κ3) is 12.2. The van der Waals surface area contributed by atoms with E-state index >= 15 is 0 Å². The number of benzene rings is 5. The fourth-order valence-electron chi connectivity index (χ4n) is 10.2. The number of hydrogen-bond acceptors (Lipinski definition) is 12. The van der Waals surface area contributed by atoms with E-state index in [4.69, 9.17) is 14.2 Å². The van der Waals surface area contributed by atoms with Crippen LogP contribution in [0, 0.1) is 6.92 Å². The predicted octanol–water partition coefficient (Wildman–Crippen LogP) is 10.5. The number of aryl methyl sites for hydroxylation is 1. The molecule has 4 aliphatic rings. The van der Waals surface area contributed by atoms with Gasteiger partial charge in [-0.05, 0) is 129 Å². The molecule has 0 saturated carbocycles. The number of hydrogen-bond donors (Lipinski definition) is 2. The molecule has 4 aliphatic heterocycles. The van der Waals surface area contributed by atoms with E-state index < -0.39 is 0 Å². The maximum atomic E-state index is 14.2. The van der Waals surface area contributed by atoms with Crippen molar-refractivity contribution in [2.24, 2.45) is 4.99 Å². The summed E-state index contributed by atoms with van der Waals surface area (Å²) in [6, 6.07) is 30.2. The minimum atomic E-state index is -0.176. The van der Waals surface area contributed by atoms with Crippen LogP contribution in [0.5, 0.6) is 17.2 Å². The second-order valence-corrected chi connectivity index (χ2v) is 23.3. The Hall–Kier alpha value is -6.45. The van der Waals surface area contributed by atoms with Crippen LogP contribution in [0.15, 0.2) is 96.0 Å². The minimum Gasteiger partial charge on any atom is -0.493 e. The predicted molar refractivity (Wildman–Crippen MR) is 294 cm³/mol. The van der Waals surface area contributed by atoms with E-state index in [9.17, 15) is 19.2 Å². The first-order chi connectivity index (χ1) is 35.2. The Morgan fingerprint density at radius 2 is 1.45 bits per heavy atom. The molecular formula is C58H66N6O7S2. The molecule has 0 radical (unpaired) electrons. The number of rotatable bonds is 19. The Morgan fingerprint density at radius 1 is 0.808 bits per heavy atom. The molecule has 0 spiro atoms. The van der Waals surface area contributed by atoms with Gasteiger partial charge in [0, 0.05) is 74.4 Å². The second-order valence-electron chi connectivity index (χ2n) is 20.1. The maximum Gasteiger partial charge on any atom is 0.256 e. The highest BCUT2D eigenvalue weighted by Gasteiger charge is 2.37. The van der Waals surface area contributed by atoms with Gasteiger partial charge in [-0.1, -0.05) is 70.1 Å². The summed E-state index contributed by atoms with van der Waals surface area (Å²) in [6.45, 7) is 11.1. The van der Waals surface area contributed by atoms with Gasteiger partial charge in [0.2, 0.25) is 5.91 Å². The highest BCUT2D eigenvalue weighted by Crippen LogP contribution is 2.41. The van der Waals surface area contributed by atoms with Crippen LogP contribution in [0.2, 0.25) is 0 Å². The van der Waals surface area contributed by atoms with Crippen LogP contribution in [0.25, 0.3) is 0 Å². The SMILES string of the molecule is CC=NCC(=O)CCCSSC(C)(C)CCC(=O)Nc1cc(COc2cc3c(cc2C)C(=O)N2Cc4ccccc4C[C@H]2CN3C)cc(COc2cc3c(cc2OC)C(=O)N2Cc4ccccc4C[C@H]2CN3)c1. The number of ether oxygens (including phenoxy) is 3. The van der Waals surface area contributed by atoms with Crippen molar-refractivity contribution in [3.63, 3.8) is 0 Å². The van der Waals surface area contributed by atoms with Gasteiger partial charge in [0.1, 0.15) is 19.0 Å². The number of aliphatic imine (C=N–C) groups is 1. The Labute approximate surface area is 437 Å². The number of likely N-dealkylation sites (N-methyl/N-ethyl adjacent to an activating group) is 1. The fourth-order valence-corrected chi connectivity index (χ4v) is 12.9. The third-order valence-electron chi connectivity index (χ3n) is 14.2. The van der Waals surface area contributed by atoms with Crippen molar-refractivity contribution in [1.29, 1.82) is 0 Å². The molecule has 15 heteroatoms. The van der Waals surface area contributed by atoms with E-state index in [-0.39, 0.29) is 60.1 Å². The summed E-state index contributed by atoms with van der Waals surface area (Å²) in [6.07, 6.45) is 5.51. The van der Waals surface area contributed by atoms with Crippen LogP contribution < -0.4 is 29.7 Å². The molecular weight excluding hydrogens is 957 g/mol. The molecule has 0 saturated heterocycles. The van der Waals surface area contributed by atoms with Gasteiger partial charge in [-0.15, -0.1) is 0 Å². The zero-order valence-corrected chi connectivity index (χ0v) is 44.4. The number of nitrogens with one attached hydrogen (secondary N) is 2. The number of fused-ring (bicyclic) bond motifs is 6. The van der Waals surface area contributed by atoms with Crippen molar-refractivity contribution in [1.82, 2.24) is 9.80 Å². The highest BCUT2D eigenvalue weighted by molar-refractivity contribution is 8.77. The average Bonchev–Trinajstić information content (AvgIpc) is 3.57. The zero-order chi connectivity index (χ0) is 51.2. The number of Topliss-reactive ketones (excluding diaryl/α,β-unsaturated/α-hetero) is 1. The molecule has 0 aliphatic carbocycles. The number of amides is 3. The molecule has 0 bridgehead atoms. The van der Waals surface area contributed by atoms with Crippen LogP contribution in [0.1, 0.15) is 106 Å². The number of ketones is 1. The van der Waals surface area contributed by atoms with E-state index in [0.29, 0.717) is 85.2 Å². The maximum absolute atomic E-state index is 14.2. The van der Waals surface area contributed by atoms with Crippen LogP contribution >= 0.6 is 21.6 Å². The molecule has 4 heterocycles. The highest BCUT2D eigenvalue weighted by atomic mass is 33.1. The van der Waals surface area contributed by atoms with Crippen molar-refractivity contribution in [2.45, 2.75) is 109 Å². The molecule has 2 atom stereocenters. The third-order valence-corrected chi connectivity index (χ3v) is 17.6. The number of methoxy groups -OCH3 is 1. The summed E-state index contributed by atoms with van der Waals surface area (Å²) in [7, 11) is 7.09. The van der Waals surface area contributed by atoms with Gasteiger partial charge in [0.15, 0.2) is 17.3 Å². The Bertz CT molecular complexity index is 2920. The van der Waals surface area contributed by atoms with E-state index in [2.05, 4.69) is 70.8 Å². The normalized spacial score (nSPS) is 17.0. The smallest absolute Gasteiger partial charge is 0.256 e. The first-order valence-corrected chi connectivity index (χ1v) is 27.6. The van der Waals surface area contributed by atoms with Crippen LogP contribution in [-0.2, 0) is 48.7 Å². The first-order valence-electron chi connectivity index (χ1n) is 25.3. The molecule has 0 aromatic heterocycles. The monoisotopic (exact) mass is 1020 g/mol. The van der Waals surface area contributed by atoms with Crippen LogP contribution in [0.4, 0.5) is 17.1 Å². The molecule has 0 fully saturated rings. The Kier molecular flexibility index (Phi) is 16.0. The number of nitrogens with zero attached hydrogens (tertiary/aromatic N) is 4. The van der Waals surface area contributed by atoms with Crippen molar-refractivity contribution in [3.05, 3.63) is 141 Å². The van der Waals surface area contributed by atoms with Crippen molar-refractivity contribution in [2.75, 3.05) is 55.1 Å². The molecule has 73 heavy (non-hydrogen) atoms. The number of carbonyl (C=O) groups excluding carboxylic acids is 4. The van der Waals surface area contributed by atoms with Gasteiger partial charge in [-0.3, -0.25) is 24.2 Å². The minimum absolute atomic E-state index is 0.00511. The standard InChI is InChI=1S/C58H66N6O7S2/c1-7-59-31-47(65)17-12-20-72-73-58(3,4)19-18-55(66)61-44-23-38(35-70-52-29-51-49(21-37(52)2)57(68)64-33-43-16-11-9-14-41(43)26-46(64)34-62(51)5)22-39(24-44)36-71-54-28-50-48(27-53(54)69-6)56(67)63-32-42-15-10-8-13-40(42)25-45(63)30-60-50/h7-11,13-16,21-24,27-29,45-46,60H,12,17-20,25-26,30-36H2,1-6H3,(H,61,66)/t45-,46-/m0/s1. The molecule has 13 nitrogen and oxygen atoms in total.